The third-order valence-electron chi connectivity index (χ3n) is 4.33. The van der Waals surface area contributed by atoms with Crippen LogP contribution in [0.1, 0.15) is 42.8 Å². The van der Waals surface area contributed by atoms with E-state index >= 15 is 0 Å². The largest absolute Gasteiger partial charge is 0.479 e. The van der Waals surface area contributed by atoms with Gasteiger partial charge in [-0.3, -0.25) is 4.79 Å². The third-order valence-corrected chi connectivity index (χ3v) is 5.57. The van der Waals surface area contributed by atoms with Crippen LogP contribution in [0.15, 0.2) is 24.3 Å². The van der Waals surface area contributed by atoms with Crippen molar-refractivity contribution in [2.45, 2.75) is 32.9 Å². The topological polar surface area (TPSA) is 75.6 Å². The van der Waals surface area contributed by atoms with Crippen molar-refractivity contribution in [2.75, 3.05) is 6.61 Å². The Labute approximate surface area is 144 Å². The third kappa shape index (κ3) is 3.20. The van der Waals surface area contributed by atoms with Crippen LogP contribution in [0.3, 0.4) is 0 Å². The molecule has 0 saturated heterocycles. The monoisotopic (exact) mass is 345 g/mol. The van der Waals surface area contributed by atoms with Crippen molar-refractivity contribution in [3.05, 3.63) is 56.3 Å². The van der Waals surface area contributed by atoms with Gasteiger partial charge in [0.25, 0.3) is 5.91 Å². The number of thiophene rings is 1. The number of fused-ring (bicyclic) bond motifs is 1. The first-order valence-corrected chi connectivity index (χ1v) is 8.58. The number of nitrogens with one attached hydrogen (secondary N) is 1. The van der Waals surface area contributed by atoms with Gasteiger partial charge in [-0.15, -0.1) is 11.3 Å². The highest BCUT2D eigenvalue weighted by Gasteiger charge is 2.26. The second-order valence-corrected chi connectivity index (χ2v) is 7.03. The van der Waals surface area contributed by atoms with Gasteiger partial charge >= 0.3 is 5.97 Å². The average Bonchev–Trinajstić information content (AvgIpc) is 2.99. The summed E-state index contributed by atoms with van der Waals surface area (Å²) in [6.45, 7) is 4.97. The van der Waals surface area contributed by atoms with Crippen LogP contribution in [0.4, 0.5) is 0 Å². The number of carboxylic acid groups (broad SMARTS) is 1. The Morgan fingerprint density at radius 3 is 2.83 bits per heavy atom. The van der Waals surface area contributed by atoms with E-state index in [2.05, 4.69) is 5.32 Å². The lowest BCUT2D eigenvalue weighted by Gasteiger charge is -2.17. The number of benzene rings is 1. The maximum atomic E-state index is 12.5. The van der Waals surface area contributed by atoms with Gasteiger partial charge in [-0.2, -0.15) is 0 Å². The quantitative estimate of drug-likeness (QED) is 0.893. The summed E-state index contributed by atoms with van der Waals surface area (Å²) >= 11 is 1.41. The van der Waals surface area contributed by atoms with E-state index in [1.54, 1.807) is 18.2 Å². The van der Waals surface area contributed by atoms with E-state index in [0.717, 1.165) is 28.0 Å². The number of ether oxygens (including phenoxy) is 1. The minimum absolute atomic E-state index is 0.359. The lowest BCUT2D eigenvalue weighted by Crippen LogP contribution is -2.33. The number of hydrogen-bond donors (Lipinski definition) is 2. The van der Waals surface area contributed by atoms with Crippen molar-refractivity contribution >= 4 is 23.2 Å². The Morgan fingerprint density at radius 1 is 1.33 bits per heavy atom. The summed E-state index contributed by atoms with van der Waals surface area (Å²) < 4.78 is 5.39. The molecule has 5 nitrogen and oxygen atoms in total. The smallest absolute Gasteiger partial charge is 0.330 e. The molecule has 0 fully saturated rings. The second-order valence-electron chi connectivity index (χ2n) is 5.90. The van der Waals surface area contributed by atoms with Gasteiger partial charge in [0, 0.05) is 11.3 Å². The predicted octanol–water partition coefficient (Wildman–Crippen LogP) is 2.99. The molecule has 2 heterocycles. The van der Waals surface area contributed by atoms with Gasteiger partial charge in [-0.1, -0.05) is 18.2 Å². The SMILES string of the molecule is Cc1cccc(C(NC(=O)c2cc3c(s2)CCOC3)C(=O)O)c1C. The summed E-state index contributed by atoms with van der Waals surface area (Å²) in [7, 11) is 0. The molecule has 0 radical (unpaired) electrons. The molecular formula is C18H19NO4S. The molecule has 1 atom stereocenters. The lowest BCUT2D eigenvalue weighted by molar-refractivity contribution is -0.139. The molecule has 1 amide bonds. The summed E-state index contributed by atoms with van der Waals surface area (Å²) in [5, 5.41) is 12.2. The molecule has 1 aromatic carbocycles. The summed E-state index contributed by atoms with van der Waals surface area (Å²) in [4.78, 5) is 25.9. The molecular weight excluding hydrogens is 326 g/mol. The summed E-state index contributed by atoms with van der Waals surface area (Å²) in [6.07, 6.45) is 0.798. The first-order valence-electron chi connectivity index (χ1n) is 7.76. The Bertz CT molecular complexity index is 773. The van der Waals surface area contributed by atoms with Gasteiger partial charge < -0.3 is 15.2 Å². The van der Waals surface area contributed by atoms with Crippen LogP contribution in [0.5, 0.6) is 0 Å². The molecule has 1 aromatic heterocycles. The van der Waals surface area contributed by atoms with Crippen LogP contribution in [-0.2, 0) is 22.6 Å². The molecule has 0 bridgehead atoms. The number of carbonyl (C=O) groups excluding carboxylic acids is 1. The Morgan fingerprint density at radius 2 is 2.12 bits per heavy atom. The molecule has 1 aliphatic heterocycles. The van der Waals surface area contributed by atoms with Gasteiger partial charge in [-0.05, 0) is 42.2 Å². The highest BCUT2D eigenvalue weighted by atomic mass is 32.1. The van der Waals surface area contributed by atoms with E-state index in [4.69, 9.17) is 4.74 Å². The van der Waals surface area contributed by atoms with Gasteiger partial charge in [0.15, 0.2) is 6.04 Å². The molecule has 0 aliphatic carbocycles. The number of carboxylic acids is 1. The maximum Gasteiger partial charge on any atom is 0.330 e. The number of carbonyl (C=O) groups is 2. The van der Waals surface area contributed by atoms with Crippen molar-refractivity contribution in [1.82, 2.24) is 5.32 Å². The zero-order valence-electron chi connectivity index (χ0n) is 13.6. The van der Waals surface area contributed by atoms with Crippen LogP contribution in [0.2, 0.25) is 0 Å². The molecule has 2 aromatic rings. The van der Waals surface area contributed by atoms with Crippen molar-refractivity contribution in [1.29, 1.82) is 0 Å². The van der Waals surface area contributed by atoms with E-state index in [1.807, 2.05) is 19.9 Å². The van der Waals surface area contributed by atoms with Gasteiger partial charge in [0.05, 0.1) is 18.1 Å². The van der Waals surface area contributed by atoms with Crippen LogP contribution < -0.4 is 5.32 Å². The molecule has 24 heavy (non-hydrogen) atoms. The Hall–Kier alpha value is -2.18. The Balaban J connectivity index is 1.86. The lowest BCUT2D eigenvalue weighted by atomic mass is 9.97. The van der Waals surface area contributed by atoms with Crippen molar-refractivity contribution < 1.29 is 19.4 Å². The molecule has 3 rings (SSSR count). The first kappa shape index (κ1) is 16.7. The van der Waals surface area contributed by atoms with Gasteiger partial charge in [0.1, 0.15) is 0 Å². The molecule has 1 unspecified atom stereocenters. The first-order chi connectivity index (χ1) is 11.5. The highest BCUT2D eigenvalue weighted by Crippen LogP contribution is 2.28. The average molecular weight is 345 g/mol. The second kappa shape index (κ2) is 6.75. The minimum atomic E-state index is -1.07. The van der Waals surface area contributed by atoms with E-state index in [0.29, 0.717) is 23.7 Å². The summed E-state index contributed by atoms with van der Waals surface area (Å²) in [5.41, 5.74) is 3.51. The van der Waals surface area contributed by atoms with E-state index in [9.17, 15) is 14.7 Å². The minimum Gasteiger partial charge on any atom is -0.479 e. The highest BCUT2D eigenvalue weighted by molar-refractivity contribution is 7.14. The number of aliphatic carboxylic acids is 1. The fourth-order valence-corrected chi connectivity index (χ4v) is 3.87. The molecule has 0 spiro atoms. The maximum absolute atomic E-state index is 12.5. The number of hydrogen-bond acceptors (Lipinski definition) is 4. The number of rotatable bonds is 4. The van der Waals surface area contributed by atoms with Crippen molar-refractivity contribution in [3.8, 4) is 0 Å². The van der Waals surface area contributed by atoms with Crippen molar-refractivity contribution in [3.63, 3.8) is 0 Å². The predicted molar refractivity (Wildman–Crippen MR) is 91.4 cm³/mol. The van der Waals surface area contributed by atoms with Crippen molar-refractivity contribution in [2.24, 2.45) is 0 Å². The van der Waals surface area contributed by atoms with E-state index < -0.39 is 12.0 Å². The zero-order chi connectivity index (χ0) is 17.3. The summed E-state index contributed by atoms with van der Waals surface area (Å²) in [6, 6.07) is 6.21. The number of aryl methyl sites for hydroxylation is 1. The molecule has 126 valence electrons. The van der Waals surface area contributed by atoms with Crippen LogP contribution >= 0.6 is 11.3 Å². The molecule has 0 saturated carbocycles. The van der Waals surface area contributed by atoms with Crippen LogP contribution in [0.25, 0.3) is 0 Å². The Kier molecular flexibility index (Phi) is 4.69. The van der Waals surface area contributed by atoms with E-state index in [1.165, 1.54) is 11.3 Å². The standard InChI is InChI=1S/C18H19NO4S/c1-10-4-3-5-13(11(10)2)16(18(21)22)19-17(20)15-8-12-9-23-7-6-14(12)24-15/h3-5,8,16H,6-7,9H2,1-2H3,(H,19,20)(H,21,22). The number of amides is 1. The van der Waals surface area contributed by atoms with Crippen LogP contribution in [0, 0.1) is 13.8 Å². The fourth-order valence-electron chi connectivity index (χ4n) is 2.82. The summed E-state index contributed by atoms with van der Waals surface area (Å²) in [5.74, 6) is -1.43. The molecule has 1 aliphatic rings. The van der Waals surface area contributed by atoms with Gasteiger partial charge in [0.2, 0.25) is 0 Å². The zero-order valence-corrected chi connectivity index (χ0v) is 14.4. The fraction of sp³-hybridized carbons (Fsp3) is 0.333. The van der Waals surface area contributed by atoms with E-state index in [-0.39, 0.29) is 5.91 Å². The normalized spacial score (nSPS) is 14.8. The van der Waals surface area contributed by atoms with Gasteiger partial charge in [-0.25, -0.2) is 4.79 Å². The molecule has 2 N–H and O–H groups in total. The van der Waals surface area contributed by atoms with Crippen LogP contribution in [-0.4, -0.2) is 23.6 Å². The molecule has 6 heteroatoms.